The minimum Gasteiger partial charge on any atom is -0.396 e. The van der Waals surface area contributed by atoms with E-state index >= 15 is 0 Å². The summed E-state index contributed by atoms with van der Waals surface area (Å²) >= 11 is 0. The Hall–Kier alpha value is -1.10. The van der Waals surface area contributed by atoms with Crippen LogP contribution in [0, 0.1) is 0 Å². The number of nitrogens with zero attached hydrogens (tertiary/aromatic N) is 1. The summed E-state index contributed by atoms with van der Waals surface area (Å²) in [5.41, 5.74) is 4.82. The molecule has 0 heterocycles. The fraction of sp³-hybridized carbons (Fsp3) is 0.667. The Morgan fingerprint density at radius 1 is 1.55 bits per heavy atom. The molecule has 0 fully saturated rings. The molecule has 0 aliphatic carbocycles. The van der Waals surface area contributed by atoms with E-state index in [-0.39, 0.29) is 13.2 Å². The Bertz CT molecular complexity index is 138. The molecule has 3 N–H and O–H groups in total. The van der Waals surface area contributed by atoms with Crippen LogP contribution in [0.25, 0.3) is 0 Å². The second-order valence-electron chi connectivity index (χ2n) is 2.07. The number of imide groups is 1. The van der Waals surface area contributed by atoms with Gasteiger partial charge in [0.1, 0.15) is 0 Å². The van der Waals surface area contributed by atoms with E-state index in [1.807, 2.05) is 0 Å². The lowest BCUT2D eigenvalue weighted by molar-refractivity contribution is -0.115. The van der Waals surface area contributed by atoms with Gasteiger partial charge in [-0.05, 0) is 12.8 Å². The Labute approximate surface area is 64.8 Å². The fourth-order valence-electron chi connectivity index (χ4n) is 0.609. The van der Waals surface area contributed by atoms with Gasteiger partial charge in [0.05, 0.1) is 0 Å². The maximum Gasteiger partial charge on any atom is 0.321 e. The first-order valence-corrected chi connectivity index (χ1v) is 3.34. The average Bonchev–Trinajstić information content (AvgIpc) is 1.97. The molecule has 0 bridgehead atoms. The number of primary amides is 1. The number of nitrogens with two attached hydrogens (primary N) is 1. The monoisotopic (exact) mass is 160 g/mol. The molecule has 0 aliphatic rings. The molecule has 0 spiro atoms. The molecule has 0 saturated carbocycles. The minimum absolute atomic E-state index is 0.0610. The van der Waals surface area contributed by atoms with Gasteiger partial charge in [-0.25, -0.2) is 4.79 Å². The van der Waals surface area contributed by atoms with E-state index < -0.39 is 6.03 Å². The lowest BCUT2D eigenvalue weighted by Gasteiger charge is -2.10. The lowest BCUT2D eigenvalue weighted by Crippen LogP contribution is -2.35. The van der Waals surface area contributed by atoms with Gasteiger partial charge >= 0.3 is 6.03 Å². The number of amides is 3. The van der Waals surface area contributed by atoms with Crippen molar-refractivity contribution < 1.29 is 14.7 Å². The van der Waals surface area contributed by atoms with Crippen LogP contribution in [0.3, 0.4) is 0 Å². The summed E-state index contributed by atoms with van der Waals surface area (Å²) in [6.45, 7) is 0.338. The van der Waals surface area contributed by atoms with Gasteiger partial charge in [0.25, 0.3) is 0 Å². The molecule has 64 valence electrons. The predicted octanol–water partition coefficient (Wildman–Crippen LogP) is -0.704. The van der Waals surface area contributed by atoms with Gasteiger partial charge in [-0.1, -0.05) is 0 Å². The molecule has 0 aromatic heterocycles. The molecule has 5 heteroatoms. The van der Waals surface area contributed by atoms with Gasteiger partial charge in [0, 0.05) is 13.2 Å². The number of aliphatic hydroxyl groups excluding tert-OH is 1. The second-order valence-corrected chi connectivity index (χ2v) is 2.07. The van der Waals surface area contributed by atoms with Crippen molar-refractivity contribution >= 4 is 12.4 Å². The lowest BCUT2D eigenvalue weighted by atomic mass is 10.3. The Morgan fingerprint density at radius 2 is 2.18 bits per heavy atom. The summed E-state index contributed by atoms with van der Waals surface area (Å²) in [5, 5.41) is 8.37. The van der Waals surface area contributed by atoms with Gasteiger partial charge in [0.2, 0.25) is 6.41 Å². The Balaban J connectivity index is 3.52. The van der Waals surface area contributed by atoms with Crippen LogP contribution in [0.4, 0.5) is 4.79 Å². The zero-order valence-electron chi connectivity index (χ0n) is 6.19. The van der Waals surface area contributed by atoms with E-state index in [1.165, 1.54) is 0 Å². The highest BCUT2D eigenvalue weighted by Crippen LogP contribution is 1.91. The smallest absolute Gasteiger partial charge is 0.321 e. The summed E-state index contributed by atoms with van der Waals surface area (Å²) in [7, 11) is 0. The highest BCUT2D eigenvalue weighted by atomic mass is 16.3. The Kier molecular flexibility index (Phi) is 5.10. The first-order chi connectivity index (χ1) is 5.22. The van der Waals surface area contributed by atoms with Crippen LogP contribution >= 0.6 is 0 Å². The third-order valence-electron chi connectivity index (χ3n) is 1.22. The van der Waals surface area contributed by atoms with Crippen molar-refractivity contribution in [3.05, 3.63) is 0 Å². The van der Waals surface area contributed by atoms with E-state index in [9.17, 15) is 9.59 Å². The molecule has 0 aliphatic heterocycles. The zero-order chi connectivity index (χ0) is 8.69. The van der Waals surface area contributed by atoms with Gasteiger partial charge < -0.3 is 10.8 Å². The van der Waals surface area contributed by atoms with E-state index in [4.69, 9.17) is 10.8 Å². The van der Waals surface area contributed by atoms with Crippen molar-refractivity contribution in [3.8, 4) is 0 Å². The average molecular weight is 160 g/mol. The quantitative estimate of drug-likeness (QED) is 0.412. The predicted molar refractivity (Wildman–Crippen MR) is 38.7 cm³/mol. The summed E-state index contributed by atoms with van der Waals surface area (Å²) in [6.07, 6.45) is 1.54. The first kappa shape index (κ1) is 9.90. The molecule has 0 unspecified atom stereocenters. The summed E-state index contributed by atoms with van der Waals surface area (Å²) < 4.78 is 0. The number of urea groups is 1. The van der Waals surface area contributed by atoms with E-state index in [2.05, 4.69) is 0 Å². The number of carbonyl (C=O) groups excluding carboxylic acids is 2. The van der Waals surface area contributed by atoms with Crippen molar-refractivity contribution in [1.82, 2.24) is 4.90 Å². The van der Waals surface area contributed by atoms with Crippen LogP contribution in [0.2, 0.25) is 0 Å². The number of rotatable bonds is 5. The maximum atomic E-state index is 10.4. The maximum absolute atomic E-state index is 10.4. The van der Waals surface area contributed by atoms with E-state index in [0.29, 0.717) is 19.3 Å². The molecule has 0 rings (SSSR count). The first-order valence-electron chi connectivity index (χ1n) is 3.34. The SMILES string of the molecule is NC(=O)N(C=O)CCCCO. The van der Waals surface area contributed by atoms with E-state index in [0.717, 1.165) is 4.90 Å². The third kappa shape index (κ3) is 4.32. The summed E-state index contributed by atoms with van der Waals surface area (Å²) in [5.74, 6) is 0. The van der Waals surface area contributed by atoms with Gasteiger partial charge in [-0.3, -0.25) is 9.69 Å². The van der Waals surface area contributed by atoms with Crippen LogP contribution in [-0.4, -0.2) is 35.6 Å². The standard InChI is InChI=1S/C6H12N2O3/c7-6(11)8(5-10)3-1-2-4-9/h5,9H,1-4H2,(H2,7,11). The molecule has 0 aromatic carbocycles. The van der Waals surface area contributed by atoms with Gasteiger partial charge in [-0.15, -0.1) is 0 Å². The second kappa shape index (κ2) is 5.67. The molecule has 0 saturated heterocycles. The number of hydrogen-bond donors (Lipinski definition) is 2. The van der Waals surface area contributed by atoms with Crippen molar-refractivity contribution in [2.24, 2.45) is 5.73 Å². The van der Waals surface area contributed by atoms with Gasteiger partial charge in [-0.2, -0.15) is 0 Å². The van der Waals surface area contributed by atoms with Crippen LogP contribution in [0.5, 0.6) is 0 Å². The van der Waals surface area contributed by atoms with Crippen molar-refractivity contribution in [2.45, 2.75) is 12.8 Å². The molecule has 3 amide bonds. The molecule has 0 atom stereocenters. The largest absolute Gasteiger partial charge is 0.396 e. The highest BCUT2D eigenvalue weighted by molar-refractivity contribution is 5.83. The molecular weight excluding hydrogens is 148 g/mol. The van der Waals surface area contributed by atoms with Crippen molar-refractivity contribution in [3.63, 3.8) is 0 Å². The number of unbranched alkanes of at least 4 members (excludes halogenated alkanes) is 1. The Morgan fingerprint density at radius 3 is 2.55 bits per heavy atom. The molecule has 11 heavy (non-hydrogen) atoms. The number of hydrogen-bond acceptors (Lipinski definition) is 3. The van der Waals surface area contributed by atoms with Crippen molar-refractivity contribution in [2.75, 3.05) is 13.2 Å². The normalized spacial score (nSPS) is 9.18. The highest BCUT2D eigenvalue weighted by Gasteiger charge is 2.05. The van der Waals surface area contributed by atoms with Crippen LogP contribution < -0.4 is 5.73 Å². The molecular formula is C6H12N2O3. The fourth-order valence-corrected chi connectivity index (χ4v) is 0.609. The zero-order valence-corrected chi connectivity index (χ0v) is 6.19. The van der Waals surface area contributed by atoms with Crippen LogP contribution in [0.15, 0.2) is 0 Å². The van der Waals surface area contributed by atoms with Gasteiger partial charge in [0.15, 0.2) is 0 Å². The molecule has 0 radical (unpaired) electrons. The molecule has 5 nitrogen and oxygen atoms in total. The molecule has 0 aromatic rings. The minimum atomic E-state index is -0.752. The number of carbonyl (C=O) groups is 2. The van der Waals surface area contributed by atoms with Crippen molar-refractivity contribution in [1.29, 1.82) is 0 Å². The third-order valence-corrected chi connectivity index (χ3v) is 1.22. The number of aliphatic hydroxyl groups is 1. The topological polar surface area (TPSA) is 83.6 Å². The van der Waals surface area contributed by atoms with Crippen LogP contribution in [0.1, 0.15) is 12.8 Å². The summed E-state index contributed by atoms with van der Waals surface area (Å²) in [6, 6.07) is -0.752. The summed E-state index contributed by atoms with van der Waals surface area (Å²) in [4.78, 5) is 21.4. The van der Waals surface area contributed by atoms with E-state index in [1.54, 1.807) is 0 Å². The van der Waals surface area contributed by atoms with Crippen LogP contribution in [-0.2, 0) is 4.79 Å².